The van der Waals surface area contributed by atoms with E-state index in [-0.39, 0.29) is 11.3 Å². The number of carbonyl (C=O) groups is 2. The van der Waals surface area contributed by atoms with Crippen molar-refractivity contribution in [3.05, 3.63) is 59.3 Å². The first kappa shape index (κ1) is 24.4. The first-order valence-electron chi connectivity index (χ1n) is 11.4. The summed E-state index contributed by atoms with van der Waals surface area (Å²) in [6, 6.07) is 7.67. The van der Waals surface area contributed by atoms with Crippen molar-refractivity contribution in [3.8, 4) is 11.5 Å². The van der Waals surface area contributed by atoms with E-state index < -0.39 is 23.5 Å². The molecule has 178 valence electrons. The van der Waals surface area contributed by atoms with E-state index in [4.69, 9.17) is 13.9 Å². The Labute approximate surface area is 194 Å². The zero-order valence-corrected chi connectivity index (χ0v) is 19.7. The molecule has 33 heavy (non-hydrogen) atoms. The molecule has 3 rings (SSSR count). The van der Waals surface area contributed by atoms with Gasteiger partial charge in [0.05, 0.1) is 31.1 Å². The van der Waals surface area contributed by atoms with Gasteiger partial charge in [0.25, 0.3) is 5.91 Å². The Kier molecular flexibility index (Phi) is 8.16. The molecule has 1 N–H and O–H groups in total. The molecular formula is C25H32N2O6. The van der Waals surface area contributed by atoms with Crippen LogP contribution in [0.4, 0.5) is 0 Å². The molecule has 0 bridgehead atoms. The molecule has 0 saturated carbocycles. The number of rotatable bonds is 12. The molecule has 2 heterocycles. The van der Waals surface area contributed by atoms with Gasteiger partial charge >= 0.3 is 0 Å². The topological polar surface area (TPSA) is 92.5 Å². The predicted octanol–water partition coefficient (Wildman–Crippen LogP) is 4.00. The van der Waals surface area contributed by atoms with E-state index in [1.165, 1.54) is 17.2 Å². The minimum Gasteiger partial charge on any atom is -0.503 e. The van der Waals surface area contributed by atoms with Gasteiger partial charge in [0.2, 0.25) is 5.78 Å². The highest BCUT2D eigenvalue weighted by molar-refractivity contribution is 6.15. The molecule has 1 aromatic heterocycles. The van der Waals surface area contributed by atoms with E-state index in [0.717, 1.165) is 13.1 Å². The molecule has 1 aromatic carbocycles. The lowest BCUT2D eigenvalue weighted by molar-refractivity contribution is -0.129. The lowest BCUT2D eigenvalue weighted by Gasteiger charge is -2.29. The molecule has 0 radical (unpaired) electrons. The minimum atomic E-state index is -0.777. The summed E-state index contributed by atoms with van der Waals surface area (Å²) >= 11 is 0. The average molecular weight is 457 g/mol. The number of hydrogen-bond acceptors (Lipinski definition) is 7. The quantitative estimate of drug-likeness (QED) is 0.483. The number of furan rings is 1. The summed E-state index contributed by atoms with van der Waals surface area (Å²) in [6.07, 6.45) is 1.39. The van der Waals surface area contributed by atoms with Gasteiger partial charge in [-0.15, -0.1) is 0 Å². The maximum absolute atomic E-state index is 13.3. The number of ketones is 1. The first-order valence-corrected chi connectivity index (χ1v) is 11.4. The Morgan fingerprint density at radius 3 is 2.39 bits per heavy atom. The van der Waals surface area contributed by atoms with Crippen LogP contribution >= 0.6 is 0 Å². The Hall–Kier alpha value is -3.26. The molecular weight excluding hydrogens is 424 g/mol. The van der Waals surface area contributed by atoms with Gasteiger partial charge in [0, 0.05) is 13.1 Å². The Morgan fingerprint density at radius 1 is 1.09 bits per heavy atom. The lowest BCUT2D eigenvalue weighted by Crippen LogP contribution is -2.38. The normalized spacial score (nSPS) is 16.1. The number of hydrogen-bond donors (Lipinski definition) is 1. The number of carbonyl (C=O) groups excluding carboxylic acids is 2. The van der Waals surface area contributed by atoms with E-state index in [2.05, 4.69) is 18.7 Å². The molecule has 1 atom stereocenters. The van der Waals surface area contributed by atoms with Crippen LogP contribution in [0.1, 0.15) is 49.9 Å². The highest BCUT2D eigenvalue weighted by atomic mass is 16.5. The zero-order valence-electron chi connectivity index (χ0n) is 19.7. The van der Waals surface area contributed by atoms with Crippen LogP contribution in [-0.2, 0) is 4.79 Å². The van der Waals surface area contributed by atoms with Crippen molar-refractivity contribution in [3.63, 3.8) is 0 Å². The van der Waals surface area contributed by atoms with Gasteiger partial charge < -0.3 is 28.8 Å². The molecule has 1 aliphatic rings. The van der Waals surface area contributed by atoms with Crippen molar-refractivity contribution < 1.29 is 28.6 Å². The number of aliphatic hydroxyl groups is 1. The molecule has 2 aromatic rings. The highest BCUT2D eigenvalue weighted by Crippen LogP contribution is 2.41. The lowest BCUT2D eigenvalue weighted by atomic mass is 9.94. The largest absolute Gasteiger partial charge is 0.503 e. The van der Waals surface area contributed by atoms with E-state index >= 15 is 0 Å². The summed E-state index contributed by atoms with van der Waals surface area (Å²) < 4.78 is 16.7. The van der Waals surface area contributed by atoms with Gasteiger partial charge in [-0.1, -0.05) is 19.9 Å². The summed E-state index contributed by atoms with van der Waals surface area (Å²) in [4.78, 5) is 30.1. The average Bonchev–Trinajstić information content (AvgIpc) is 3.44. The standard InChI is InChI=1S/C25H32N2O6/c1-5-26(6-2)13-14-27-22(17-11-12-18(31-7-3)20(16-17)32-8-4)21(24(29)25(27)30)23(28)19-10-9-15-33-19/h9-12,15-16,22,29H,5-8,13-14H2,1-4H3/t22-/m0/s1. The summed E-state index contributed by atoms with van der Waals surface area (Å²) in [5.74, 6) is -0.482. The molecule has 0 fully saturated rings. The second kappa shape index (κ2) is 11.0. The summed E-state index contributed by atoms with van der Waals surface area (Å²) in [5.41, 5.74) is 0.648. The van der Waals surface area contributed by atoms with Crippen LogP contribution in [0, 0.1) is 0 Å². The van der Waals surface area contributed by atoms with Crippen LogP contribution in [0.5, 0.6) is 11.5 Å². The van der Waals surface area contributed by atoms with Gasteiger partial charge in [0.1, 0.15) is 0 Å². The highest BCUT2D eigenvalue weighted by Gasteiger charge is 2.44. The van der Waals surface area contributed by atoms with E-state index in [1.807, 2.05) is 13.8 Å². The molecule has 0 unspecified atom stereocenters. The van der Waals surface area contributed by atoms with Gasteiger partial charge in [-0.05, 0) is 56.8 Å². The first-order chi connectivity index (χ1) is 16.0. The molecule has 1 amide bonds. The van der Waals surface area contributed by atoms with E-state index in [1.54, 1.807) is 24.3 Å². The van der Waals surface area contributed by atoms with Crippen LogP contribution < -0.4 is 9.47 Å². The van der Waals surface area contributed by atoms with Crippen molar-refractivity contribution in [2.24, 2.45) is 0 Å². The fourth-order valence-electron chi connectivity index (χ4n) is 4.03. The summed E-state index contributed by atoms with van der Waals surface area (Å²) in [5, 5.41) is 10.8. The molecule has 8 heteroatoms. The van der Waals surface area contributed by atoms with Crippen LogP contribution in [0.25, 0.3) is 0 Å². The number of aliphatic hydroxyl groups excluding tert-OH is 1. The van der Waals surface area contributed by atoms with Gasteiger partial charge in [-0.2, -0.15) is 0 Å². The van der Waals surface area contributed by atoms with Crippen LogP contribution in [0.3, 0.4) is 0 Å². The number of nitrogens with zero attached hydrogens (tertiary/aromatic N) is 2. The number of likely N-dealkylation sites (N-methyl/N-ethyl adjacent to an activating group) is 1. The van der Waals surface area contributed by atoms with Crippen molar-refractivity contribution in [1.82, 2.24) is 9.80 Å². The van der Waals surface area contributed by atoms with E-state index in [0.29, 0.717) is 43.4 Å². The molecule has 0 aliphatic carbocycles. The summed E-state index contributed by atoms with van der Waals surface area (Å²) in [6.45, 7) is 11.4. The third-order valence-corrected chi connectivity index (χ3v) is 5.73. The Bertz CT molecular complexity index is 994. The number of ether oxygens (including phenoxy) is 2. The van der Waals surface area contributed by atoms with Crippen LogP contribution in [0.15, 0.2) is 52.3 Å². The van der Waals surface area contributed by atoms with Gasteiger partial charge in [-0.3, -0.25) is 9.59 Å². The SMILES string of the molecule is CCOc1ccc([C@H]2C(C(=O)c3ccco3)=C(O)C(=O)N2CCN(CC)CC)cc1OCC. The zero-order chi connectivity index (χ0) is 24.0. The third kappa shape index (κ3) is 5.06. The maximum Gasteiger partial charge on any atom is 0.290 e. The predicted molar refractivity (Wildman–Crippen MR) is 124 cm³/mol. The molecule has 0 spiro atoms. The second-order valence-corrected chi connectivity index (χ2v) is 7.57. The van der Waals surface area contributed by atoms with Crippen LogP contribution in [0.2, 0.25) is 0 Å². The van der Waals surface area contributed by atoms with Crippen molar-refractivity contribution in [2.45, 2.75) is 33.7 Å². The molecule has 0 saturated heterocycles. The smallest absolute Gasteiger partial charge is 0.290 e. The van der Waals surface area contributed by atoms with E-state index in [9.17, 15) is 14.7 Å². The Morgan fingerprint density at radius 2 is 1.79 bits per heavy atom. The van der Waals surface area contributed by atoms with Gasteiger partial charge in [0.15, 0.2) is 23.0 Å². The summed E-state index contributed by atoms with van der Waals surface area (Å²) in [7, 11) is 0. The maximum atomic E-state index is 13.3. The minimum absolute atomic E-state index is 0.00102. The molecule has 1 aliphatic heterocycles. The fourth-order valence-corrected chi connectivity index (χ4v) is 4.03. The number of amides is 1. The monoisotopic (exact) mass is 456 g/mol. The van der Waals surface area contributed by atoms with Crippen molar-refractivity contribution >= 4 is 11.7 Å². The van der Waals surface area contributed by atoms with Crippen LogP contribution in [-0.4, -0.2) is 66.0 Å². The Balaban J connectivity index is 2.06. The third-order valence-electron chi connectivity index (χ3n) is 5.73. The van der Waals surface area contributed by atoms with Crippen molar-refractivity contribution in [2.75, 3.05) is 39.4 Å². The number of benzene rings is 1. The molecule has 8 nitrogen and oxygen atoms in total. The fraction of sp³-hybridized carbons (Fsp3) is 0.440. The van der Waals surface area contributed by atoms with Gasteiger partial charge in [-0.25, -0.2) is 0 Å². The van der Waals surface area contributed by atoms with Crippen molar-refractivity contribution in [1.29, 1.82) is 0 Å². The number of Topliss-reactive ketones (excluding diaryl/α,β-unsaturated/α-hetero) is 1. The second-order valence-electron chi connectivity index (χ2n) is 7.57.